The Morgan fingerprint density at radius 2 is 2.00 bits per heavy atom. The number of carbonyl (C=O) groups is 2. The minimum Gasteiger partial charge on any atom is -0.465 e. The predicted molar refractivity (Wildman–Crippen MR) is 81.4 cm³/mol. The smallest absolute Gasteiger partial charge is 0.387 e. The second-order valence-electron chi connectivity index (χ2n) is 4.45. The van der Waals surface area contributed by atoms with Crippen LogP contribution in [0.4, 0.5) is 13.8 Å². The van der Waals surface area contributed by atoms with Gasteiger partial charge in [0.2, 0.25) is 0 Å². The first-order valence-electron chi connectivity index (χ1n) is 6.45. The summed E-state index contributed by atoms with van der Waals surface area (Å²) >= 11 is 1.21. The zero-order valence-electron chi connectivity index (χ0n) is 12.3. The van der Waals surface area contributed by atoms with Crippen LogP contribution in [0.3, 0.4) is 0 Å². The Morgan fingerprint density at radius 1 is 1.26 bits per heavy atom. The van der Waals surface area contributed by atoms with Crippen LogP contribution in [0.15, 0.2) is 30.3 Å². The number of nitrogens with one attached hydrogen (secondary N) is 1. The number of thiophene rings is 1. The van der Waals surface area contributed by atoms with E-state index in [4.69, 9.17) is 0 Å². The van der Waals surface area contributed by atoms with Crippen molar-refractivity contribution < 1.29 is 27.8 Å². The number of amides is 1. The van der Waals surface area contributed by atoms with Gasteiger partial charge in [0.1, 0.15) is 10.8 Å². The number of anilines is 1. The third-order valence-electron chi connectivity index (χ3n) is 2.81. The number of carbonyl (C=O) groups excluding carboxylic acids is 2. The van der Waals surface area contributed by atoms with Crippen LogP contribution in [0.5, 0.6) is 5.75 Å². The van der Waals surface area contributed by atoms with Gasteiger partial charge in [-0.05, 0) is 31.2 Å². The van der Waals surface area contributed by atoms with Gasteiger partial charge in [-0.3, -0.25) is 4.79 Å². The molecule has 0 saturated heterocycles. The highest BCUT2D eigenvalue weighted by Crippen LogP contribution is 2.29. The van der Waals surface area contributed by atoms with Crippen molar-refractivity contribution in [2.24, 2.45) is 0 Å². The molecule has 2 aromatic rings. The molecule has 2 rings (SSSR count). The van der Waals surface area contributed by atoms with Gasteiger partial charge in [-0.2, -0.15) is 8.78 Å². The summed E-state index contributed by atoms with van der Waals surface area (Å²) in [6, 6.07) is 6.99. The molecule has 0 fully saturated rings. The highest BCUT2D eigenvalue weighted by atomic mass is 32.1. The number of hydrogen-bond acceptors (Lipinski definition) is 5. The molecule has 8 heteroatoms. The lowest BCUT2D eigenvalue weighted by molar-refractivity contribution is -0.0498. The zero-order chi connectivity index (χ0) is 17.0. The average Bonchev–Trinajstić information content (AvgIpc) is 2.86. The summed E-state index contributed by atoms with van der Waals surface area (Å²) < 4.78 is 33.3. The average molecular weight is 341 g/mol. The van der Waals surface area contributed by atoms with Crippen LogP contribution < -0.4 is 10.1 Å². The normalized spacial score (nSPS) is 10.5. The SMILES string of the molecule is COC(=O)c1cc(C)sc1NC(=O)c1cccc(OC(F)F)c1. The van der Waals surface area contributed by atoms with Crippen molar-refractivity contribution in [1.82, 2.24) is 0 Å². The minimum atomic E-state index is -2.97. The summed E-state index contributed by atoms with van der Waals surface area (Å²) in [4.78, 5) is 24.7. The first-order chi connectivity index (χ1) is 10.9. The van der Waals surface area contributed by atoms with Crippen molar-refractivity contribution in [2.75, 3.05) is 12.4 Å². The zero-order valence-corrected chi connectivity index (χ0v) is 13.1. The topological polar surface area (TPSA) is 64.6 Å². The van der Waals surface area contributed by atoms with Crippen molar-refractivity contribution in [3.05, 3.63) is 46.3 Å². The first kappa shape index (κ1) is 16.9. The van der Waals surface area contributed by atoms with Crippen molar-refractivity contribution >= 4 is 28.2 Å². The van der Waals surface area contributed by atoms with Gasteiger partial charge >= 0.3 is 12.6 Å². The number of ether oxygens (including phenoxy) is 2. The quantitative estimate of drug-likeness (QED) is 0.842. The molecule has 1 aromatic carbocycles. The highest BCUT2D eigenvalue weighted by Gasteiger charge is 2.18. The largest absolute Gasteiger partial charge is 0.465 e. The van der Waals surface area contributed by atoms with Gasteiger partial charge in [0.25, 0.3) is 5.91 Å². The van der Waals surface area contributed by atoms with Crippen molar-refractivity contribution in [3.63, 3.8) is 0 Å². The molecule has 122 valence electrons. The Kier molecular flexibility index (Phi) is 5.28. The Morgan fingerprint density at radius 3 is 2.65 bits per heavy atom. The fraction of sp³-hybridized carbons (Fsp3) is 0.200. The maximum Gasteiger partial charge on any atom is 0.387 e. The first-order valence-corrected chi connectivity index (χ1v) is 7.27. The van der Waals surface area contributed by atoms with Gasteiger partial charge in [0.05, 0.1) is 12.7 Å². The molecule has 1 amide bonds. The highest BCUT2D eigenvalue weighted by molar-refractivity contribution is 7.16. The molecular formula is C15H13F2NO4S. The molecular weight excluding hydrogens is 328 g/mol. The van der Waals surface area contributed by atoms with Gasteiger partial charge in [0, 0.05) is 10.4 Å². The second-order valence-corrected chi connectivity index (χ2v) is 5.71. The Balaban J connectivity index is 2.21. The number of esters is 1. The Labute approximate surface area is 134 Å². The lowest BCUT2D eigenvalue weighted by atomic mass is 10.2. The number of rotatable bonds is 5. The molecule has 0 aliphatic carbocycles. The van der Waals surface area contributed by atoms with E-state index in [1.165, 1.54) is 42.7 Å². The van der Waals surface area contributed by atoms with E-state index < -0.39 is 18.5 Å². The van der Waals surface area contributed by atoms with Crippen LogP contribution >= 0.6 is 11.3 Å². The van der Waals surface area contributed by atoms with Gasteiger partial charge in [0.15, 0.2) is 0 Å². The summed E-state index contributed by atoms with van der Waals surface area (Å²) in [5.74, 6) is -1.24. The number of aryl methyl sites for hydroxylation is 1. The Bertz CT molecular complexity index is 730. The lowest BCUT2D eigenvalue weighted by Gasteiger charge is -2.08. The fourth-order valence-electron chi connectivity index (χ4n) is 1.86. The van der Waals surface area contributed by atoms with Crippen LogP contribution in [0.1, 0.15) is 25.6 Å². The fourth-order valence-corrected chi connectivity index (χ4v) is 2.75. The summed E-state index contributed by atoms with van der Waals surface area (Å²) in [7, 11) is 1.24. The van der Waals surface area contributed by atoms with E-state index in [0.29, 0.717) is 5.00 Å². The predicted octanol–water partition coefficient (Wildman–Crippen LogP) is 3.70. The minimum absolute atomic E-state index is 0.122. The van der Waals surface area contributed by atoms with Crippen LogP contribution in [-0.4, -0.2) is 25.6 Å². The van der Waals surface area contributed by atoms with Gasteiger partial charge < -0.3 is 14.8 Å². The van der Waals surface area contributed by atoms with E-state index >= 15 is 0 Å². The molecule has 0 aliphatic heterocycles. The molecule has 0 saturated carbocycles. The molecule has 23 heavy (non-hydrogen) atoms. The van der Waals surface area contributed by atoms with Crippen LogP contribution in [0.2, 0.25) is 0 Å². The molecule has 0 atom stereocenters. The third kappa shape index (κ3) is 4.26. The van der Waals surface area contributed by atoms with E-state index in [9.17, 15) is 18.4 Å². The lowest BCUT2D eigenvalue weighted by Crippen LogP contribution is -2.14. The summed E-state index contributed by atoms with van der Waals surface area (Å²) in [6.07, 6.45) is 0. The number of benzene rings is 1. The molecule has 0 bridgehead atoms. The molecule has 0 unspecified atom stereocenters. The van der Waals surface area contributed by atoms with E-state index in [1.54, 1.807) is 13.0 Å². The van der Waals surface area contributed by atoms with Gasteiger partial charge in [-0.1, -0.05) is 6.07 Å². The van der Waals surface area contributed by atoms with Crippen molar-refractivity contribution in [2.45, 2.75) is 13.5 Å². The van der Waals surface area contributed by atoms with Crippen LogP contribution in [-0.2, 0) is 4.74 Å². The Hall–Kier alpha value is -2.48. The molecule has 0 spiro atoms. The van der Waals surface area contributed by atoms with Crippen LogP contribution in [0, 0.1) is 6.92 Å². The molecule has 1 heterocycles. The summed E-state index contributed by atoms with van der Waals surface area (Å²) in [6.45, 7) is -1.19. The van der Waals surface area contributed by atoms with Gasteiger partial charge in [-0.15, -0.1) is 11.3 Å². The van der Waals surface area contributed by atoms with Crippen molar-refractivity contribution in [1.29, 1.82) is 0 Å². The van der Waals surface area contributed by atoms with E-state index in [2.05, 4.69) is 14.8 Å². The molecule has 1 N–H and O–H groups in total. The molecule has 5 nitrogen and oxygen atoms in total. The van der Waals surface area contributed by atoms with Crippen LogP contribution in [0.25, 0.3) is 0 Å². The number of alkyl halides is 2. The van der Waals surface area contributed by atoms with Crippen molar-refractivity contribution in [3.8, 4) is 5.75 Å². The second kappa shape index (κ2) is 7.19. The number of methoxy groups -OCH3 is 1. The van der Waals surface area contributed by atoms with E-state index in [1.807, 2.05) is 0 Å². The maximum absolute atomic E-state index is 12.2. The monoisotopic (exact) mass is 341 g/mol. The summed E-state index contributed by atoms with van der Waals surface area (Å²) in [5, 5.41) is 2.91. The number of halogens is 2. The maximum atomic E-state index is 12.2. The molecule has 1 aromatic heterocycles. The molecule has 0 aliphatic rings. The standard InChI is InChI=1S/C15H13F2NO4S/c1-8-6-11(14(20)21-2)13(23-8)18-12(19)9-4-3-5-10(7-9)22-15(16)17/h3-7,15H,1-2H3,(H,18,19). The molecule has 0 radical (unpaired) electrons. The van der Waals surface area contributed by atoms with E-state index in [0.717, 1.165) is 4.88 Å². The van der Waals surface area contributed by atoms with E-state index in [-0.39, 0.29) is 16.9 Å². The number of hydrogen-bond donors (Lipinski definition) is 1. The summed E-state index contributed by atoms with van der Waals surface area (Å²) in [5.41, 5.74) is 0.369. The van der Waals surface area contributed by atoms with Gasteiger partial charge in [-0.25, -0.2) is 4.79 Å². The third-order valence-corrected chi connectivity index (χ3v) is 3.77.